The highest BCUT2D eigenvalue weighted by molar-refractivity contribution is 5.71. The number of methoxy groups -OCH3 is 1. The van der Waals surface area contributed by atoms with Crippen molar-refractivity contribution in [3.63, 3.8) is 0 Å². The predicted molar refractivity (Wildman–Crippen MR) is 76.5 cm³/mol. The van der Waals surface area contributed by atoms with Gasteiger partial charge in [0.05, 0.1) is 13.5 Å². The van der Waals surface area contributed by atoms with Gasteiger partial charge >= 0.3 is 5.97 Å². The quantitative estimate of drug-likeness (QED) is 0.767. The van der Waals surface area contributed by atoms with Crippen LogP contribution >= 0.6 is 0 Å². The summed E-state index contributed by atoms with van der Waals surface area (Å²) >= 11 is 0. The molecule has 0 aliphatic heterocycles. The molecule has 0 amide bonds. The fourth-order valence-electron chi connectivity index (χ4n) is 1.93. The van der Waals surface area contributed by atoms with Crippen LogP contribution < -0.4 is 4.90 Å². The molecule has 98 valence electrons. The van der Waals surface area contributed by atoms with Crippen LogP contribution in [0.4, 0.5) is 11.4 Å². The third-order valence-corrected chi connectivity index (χ3v) is 2.90. The van der Waals surface area contributed by atoms with Crippen LogP contribution in [-0.2, 0) is 9.53 Å². The van der Waals surface area contributed by atoms with E-state index in [1.54, 1.807) is 0 Å². The van der Waals surface area contributed by atoms with E-state index < -0.39 is 0 Å². The number of esters is 1. The minimum Gasteiger partial charge on any atom is -0.469 e. The van der Waals surface area contributed by atoms with E-state index in [4.69, 9.17) is 4.74 Å². The Morgan fingerprint density at radius 2 is 1.42 bits per heavy atom. The number of carbonyl (C=O) groups excluding carboxylic acids is 1. The van der Waals surface area contributed by atoms with Gasteiger partial charge in [-0.1, -0.05) is 36.4 Å². The van der Waals surface area contributed by atoms with Gasteiger partial charge in [0.15, 0.2) is 0 Å². The first-order chi connectivity index (χ1) is 9.31. The molecule has 19 heavy (non-hydrogen) atoms. The number of hydrogen-bond donors (Lipinski definition) is 0. The number of hydrogen-bond acceptors (Lipinski definition) is 3. The zero-order valence-electron chi connectivity index (χ0n) is 11.0. The van der Waals surface area contributed by atoms with Crippen LogP contribution in [-0.4, -0.2) is 19.6 Å². The first kappa shape index (κ1) is 13.1. The van der Waals surface area contributed by atoms with E-state index in [9.17, 15) is 4.79 Å². The maximum Gasteiger partial charge on any atom is 0.307 e. The Bertz CT molecular complexity index is 471. The zero-order valence-corrected chi connectivity index (χ0v) is 11.0. The van der Waals surface area contributed by atoms with Gasteiger partial charge in [0.25, 0.3) is 0 Å². The molecular weight excluding hydrogens is 238 g/mol. The van der Waals surface area contributed by atoms with Gasteiger partial charge in [-0.25, -0.2) is 0 Å². The first-order valence-corrected chi connectivity index (χ1v) is 6.25. The molecule has 0 spiro atoms. The minimum atomic E-state index is -0.197. The molecule has 0 saturated heterocycles. The molecule has 3 nitrogen and oxygen atoms in total. The molecule has 0 atom stereocenters. The van der Waals surface area contributed by atoms with Crippen LogP contribution in [0.2, 0.25) is 0 Å². The van der Waals surface area contributed by atoms with Gasteiger partial charge in [-0.2, -0.15) is 0 Å². The molecule has 2 rings (SSSR count). The Morgan fingerprint density at radius 1 is 0.947 bits per heavy atom. The van der Waals surface area contributed by atoms with Crippen LogP contribution in [0.25, 0.3) is 0 Å². The molecule has 2 aromatic rings. The summed E-state index contributed by atoms with van der Waals surface area (Å²) in [5, 5.41) is 0. The Morgan fingerprint density at radius 3 is 1.84 bits per heavy atom. The standard InChI is InChI=1S/C16H17NO2/c1-19-16(18)12-13-17(14-8-4-2-5-9-14)15-10-6-3-7-11-15/h2-11H,12-13H2,1H3. The molecule has 0 aromatic heterocycles. The SMILES string of the molecule is COC(=O)CCN(c1ccccc1)c1ccccc1. The number of carbonyl (C=O) groups is 1. The molecule has 0 unspecified atom stereocenters. The second-order valence-electron chi connectivity index (χ2n) is 4.15. The fourth-order valence-corrected chi connectivity index (χ4v) is 1.93. The average Bonchev–Trinajstić information content (AvgIpc) is 2.49. The first-order valence-electron chi connectivity index (χ1n) is 6.25. The van der Waals surface area contributed by atoms with Gasteiger partial charge in [-0.05, 0) is 24.3 Å². The predicted octanol–water partition coefficient (Wildman–Crippen LogP) is 3.39. The van der Waals surface area contributed by atoms with E-state index in [2.05, 4.69) is 4.90 Å². The Balaban J connectivity index is 2.21. The van der Waals surface area contributed by atoms with Crippen molar-refractivity contribution in [3.05, 3.63) is 60.7 Å². The molecule has 0 radical (unpaired) electrons. The summed E-state index contributed by atoms with van der Waals surface area (Å²) in [6.07, 6.45) is 0.361. The van der Waals surface area contributed by atoms with E-state index in [-0.39, 0.29) is 5.97 Å². The molecule has 3 heteroatoms. The highest BCUT2D eigenvalue weighted by Crippen LogP contribution is 2.24. The summed E-state index contributed by atoms with van der Waals surface area (Å²) in [6.45, 7) is 0.598. The third-order valence-electron chi connectivity index (χ3n) is 2.90. The number of nitrogens with zero attached hydrogens (tertiary/aromatic N) is 1. The molecule has 2 aromatic carbocycles. The number of anilines is 2. The molecule has 0 bridgehead atoms. The van der Waals surface area contributed by atoms with Gasteiger partial charge < -0.3 is 9.64 Å². The molecule has 0 N–H and O–H groups in total. The molecule has 0 aliphatic carbocycles. The summed E-state index contributed by atoms with van der Waals surface area (Å²) in [5.74, 6) is -0.197. The van der Waals surface area contributed by atoms with Crippen molar-refractivity contribution in [2.45, 2.75) is 6.42 Å². The van der Waals surface area contributed by atoms with Gasteiger partial charge in [0, 0.05) is 17.9 Å². The van der Waals surface area contributed by atoms with Gasteiger partial charge in [-0.15, -0.1) is 0 Å². The highest BCUT2D eigenvalue weighted by atomic mass is 16.5. The number of benzene rings is 2. The summed E-state index contributed by atoms with van der Waals surface area (Å²) in [7, 11) is 1.41. The lowest BCUT2D eigenvalue weighted by Gasteiger charge is -2.24. The Labute approximate surface area is 113 Å². The van der Waals surface area contributed by atoms with Crippen molar-refractivity contribution in [2.24, 2.45) is 0 Å². The van der Waals surface area contributed by atoms with Crippen molar-refractivity contribution >= 4 is 17.3 Å². The summed E-state index contributed by atoms with van der Waals surface area (Å²) in [4.78, 5) is 13.4. The summed E-state index contributed by atoms with van der Waals surface area (Å²) < 4.78 is 4.71. The van der Waals surface area contributed by atoms with Crippen molar-refractivity contribution < 1.29 is 9.53 Å². The highest BCUT2D eigenvalue weighted by Gasteiger charge is 2.10. The normalized spacial score (nSPS) is 9.95. The Hall–Kier alpha value is -2.29. The van der Waals surface area contributed by atoms with Crippen LogP contribution in [0.5, 0.6) is 0 Å². The Kier molecular flexibility index (Phi) is 4.56. The number of ether oxygens (including phenoxy) is 1. The van der Waals surface area contributed by atoms with Crippen LogP contribution in [0, 0.1) is 0 Å². The maximum atomic E-state index is 11.3. The monoisotopic (exact) mass is 255 g/mol. The average molecular weight is 255 g/mol. The lowest BCUT2D eigenvalue weighted by Crippen LogP contribution is -2.21. The van der Waals surface area contributed by atoms with Gasteiger partial charge in [0.2, 0.25) is 0 Å². The minimum absolute atomic E-state index is 0.197. The van der Waals surface area contributed by atoms with Gasteiger partial charge in [0.1, 0.15) is 0 Å². The van der Waals surface area contributed by atoms with E-state index in [0.29, 0.717) is 13.0 Å². The van der Waals surface area contributed by atoms with Crippen molar-refractivity contribution in [1.82, 2.24) is 0 Å². The lowest BCUT2D eigenvalue weighted by molar-refractivity contribution is -0.140. The van der Waals surface area contributed by atoms with Crippen LogP contribution in [0.3, 0.4) is 0 Å². The van der Waals surface area contributed by atoms with E-state index in [0.717, 1.165) is 11.4 Å². The molecule has 0 aliphatic rings. The van der Waals surface area contributed by atoms with E-state index in [1.165, 1.54) is 7.11 Å². The smallest absolute Gasteiger partial charge is 0.307 e. The molecule has 0 fully saturated rings. The maximum absolute atomic E-state index is 11.3. The van der Waals surface area contributed by atoms with Crippen molar-refractivity contribution in [1.29, 1.82) is 0 Å². The lowest BCUT2D eigenvalue weighted by atomic mass is 10.2. The van der Waals surface area contributed by atoms with Crippen LogP contribution in [0.1, 0.15) is 6.42 Å². The third kappa shape index (κ3) is 3.58. The number of para-hydroxylation sites is 2. The second kappa shape index (κ2) is 6.59. The van der Waals surface area contributed by atoms with Gasteiger partial charge in [-0.3, -0.25) is 4.79 Å². The fraction of sp³-hybridized carbons (Fsp3) is 0.188. The van der Waals surface area contributed by atoms with E-state index >= 15 is 0 Å². The summed E-state index contributed by atoms with van der Waals surface area (Å²) in [5.41, 5.74) is 2.13. The number of rotatable bonds is 5. The second-order valence-corrected chi connectivity index (χ2v) is 4.15. The van der Waals surface area contributed by atoms with Crippen molar-refractivity contribution in [2.75, 3.05) is 18.6 Å². The summed E-state index contributed by atoms with van der Waals surface area (Å²) in [6, 6.07) is 20.0. The topological polar surface area (TPSA) is 29.5 Å². The molecule has 0 saturated carbocycles. The molecule has 0 heterocycles. The zero-order chi connectivity index (χ0) is 13.5. The van der Waals surface area contributed by atoms with Crippen LogP contribution in [0.15, 0.2) is 60.7 Å². The van der Waals surface area contributed by atoms with Crippen molar-refractivity contribution in [3.8, 4) is 0 Å². The molecular formula is C16H17NO2. The van der Waals surface area contributed by atoms with E-state index in [1.807, 2.05) is 60.7 Å². The largest absolute Gasteiger partial charge is 0.469 e.